The molecule has 0 aliphatic heterocycles. The number of hydrogen-bond acceptors (Lipinski definition) is 5. The smallest absolute Gasteiger partial charge is 0.477 e. The fraction of sp³-hybridized carbons (Fsp3) is 0.250. The Hall–Kier alpha value is -3.76. The summed E-state index contributed by atoms with van der Waals surface area (Å²) in [5, 5.41) is 8.12. The van der Waals surface area contributed by atoms with Gasteiger partial charge in [0.2, 0.25) is 5.88 Å². The Balaban J connectivity index is 1.51. The number of amides is 1. The van der Waals surface area contributed by atoms with Gasteiger partial charge >= 0.3 is 6.36 Å². The van der Waals surface area contributed by atoms with Crippen molar-refractivity contribution in [1.29, 1.82) is 0 Å². The van der Waals surface area contributed by atoms with E-state index in [1.54, 1.807) is 36.4 Å². The zero-order valence-electron chi connectivity index (χ0n) is 21.2. The van der Waals surface area contributed by atoms with Crippen molar-refractivity contribution in [3.8, 4) is 28.6 Å². The van der Waals surface area contributed by atoms with Gasteiger partial charge in [0, 0.05) is 46.1 Å². The minimum Gasteiger partial charge on any atom is -0.477 e. The monoisotopic (exact) mass is 593 g/mol. The number of ketones is 1. The number of halogens is 5. The second kappa shape index (κ2) is 12.6. The Labute approximate surface area is 238 Å². The first-order valence-electron chi connectivity index (χ1n) is 12.2. The van der Waals surface area contributed by atoms with Crippen LogP contribution in [0.1, 0.15) is 19.8 Å². The van der Waals surface area contributed by atoms with Gasteiger partial charge in [0.25, 0.3) is 5.91 Å². The van der Waals surface area contributed by atoms with Crippen LogP contribution in [0.3, 0.4) is 0 Å². The van der Waals surface area contributed by atoms with E-state index in [2.05, 4.69) is 15.2 Å². The SMILES string of the molecule is CC(=O)CCNC(=O)C1=CCC(COc2cc(-c3cc(Cl)cc(Cl)c3)nn2-c2ccc(OC(F)(F)F)cc2)C=C1. The molecule has 12 heteroatoms. The topological polar surface area (TPSA) is 82.5 Å². The Kier molecular flexibility index (Phi) is 9.21. The lowest BCUT2D eigenvalue weighted by Crippen LogP contribution is -2.27. The molecule has 1 heterocycles. The number of allylic oxidation sites excluding steroid dienone is 1. The zero-order valence-corrected chi connectivity index (χ0v) is 22.7. The van der Waals surface area contributed by atoms with E-state index in [0.717, 1.165) is 0 Å². The minimum absolute atomic E-state index is 0.00267. The fourth-order valence-corrected chi connectivity index (χ4v) is 4.41. The number of nitrogens with one attached hydrogen (secondary N) is 1. The number of carbonyl (C=O) groups excluding carboxylic acids is 2. The summed E-state index contributed by atoms with van der Waals surface area (Å²) in [5.41, 5.74) is 2.05. The van der Waals surface area contributed by atoms with Gasteiger partial charge in [-0.3, -0.25) is 9.59 Å². The molecule has 0 bridgehead atoms. The highest BCUT2D eigenvalue weighted by Crippen LogP contribution is 2.32. The average molecular weight is 594 g/mol. The standard InChI is InChI=1S/C28H24Cl2F3N3O4/c1-17(37)10-11-34-27(38)19-4-2-18(3-5-19)16-39-26-15-25(20-12-21(29)14-22(30)13-20)35-36(26)23-6-8-24(9-7-23)40-28(31,32)33/h2,4-9,12-15,18H,3,10-11,16H2,1H3,(H,34,38). The molecule has 1 aliphatic carbocycles. The quantitative estimate of drug-likeness (QED) is 0.282. The van der Waals surface area contributed by atoms with E-state index in [4.69, 9.17) is 27.9 Å². The van der Waals surface area contributed by atoms with Gasteiger partial charge in [-0.1, -0.05) is 41.4 Å². The van der Waals surface area contributed by atoms with Gasteiger partial charge in [-0.15, -0.1) is 13.2 Å². The van der Waals surface area contributed by atoms with Crippen molar-refractivity contribution in [2.24, 2.45) is 5.92 Å². The molecule has 1 aromatic heterocycles. The number of nitrogens with zero attached hydrogens (tertiary/aromatic N) is 2. The van der Waals surface area contributed by atoms with E-state index in [9.17, 15) is 22.8 Å². The average Bonchev–Trinajstić information content (AvgIpc) is 3.31. The molecule has 210 valence electrons. The predicted octanol–water partition coefficient (Wildman–Crippen LogP) is 6.72. The normalized spacial score (nSPS) is 14.9. The van der Waals surface area contributed by atoms with Crippen LogP contribution in [0.4, 0.5) is 13.2 Å². The maximum Gasteiger partial charge on any atom is 0.573 e. The number of ether oxygens (including phenoxy) is 2. The Morgan fingerprint density at radius 2 is 1.80 bits per heavy atom. The van der Waals surface area contributed by atoms with Gasteiger partial charge in [0.15, 0.2) is 0 Å². The maximum absolute atomic E-state index is 12.6. The summed E-state index contributed by atoms with van der Waals surface area (Å²) in [4.78, 5) is 23.3. The summed E-state index contributed by atoms with van der Waals surface area (Å²) >= 11 is 12.3. The van der Waals surface area contributed by atoms with E-state index in [0.29, 0.717) is 44.9 Å². The Morgan fingerprint density at radius 1 is 1.10 bits per heavy atom. The molecule has 1 N–H and O–H groups in total. The van der Waals surface area contributed by atoms with Crippen LogP contribution < -0.4 is 14.8 Å². The molecule has 3 aromatic rings. The highest BCUT2D eigenvalue weighted by molar-refractivity contribution is 6.35. The number of benzene rings is 2. The molecule has 1 amide bonds. The molecule has 0 radical (unpaired) electrons. The van der Waals surface area contributed by atoms with Gasteiger partial charge in [-0.2, -0.15) is 5.10 Å². The van der Waals surface area contributed by atoms with Crippen molar-refractivity contribution in [3.05, 3.63) is 82.4 Å². The lowest BCUT2D eigenvalue weighted by Gasteiger charge is -2.17. The lowest BCUT2D eigenvalue weighted by atomic mass is 9.97. The van der Waals surface area contributed by atoms with Crippen LogP contribution in [0.2, 0.25) is 10.0 Å². The number of hydrogen-bond donors (Lipinski definition) is 1. The number of alkyl halides is 3. The third kappa shape index (κ3) is 8.12. The fourth-order valence-electron chi connectivity index (χ4n) is 3.89. The summed E-state index contributed by atoms with van der Waals surface area (Å²) in [5.74, 6) is -0.340. The zero-order chi connectivity index (χ0) is 28.9. The van der Waals surface area contributed by atoms with Crippen molar-refractivity contribution in [2.45, 2.75) is 26.1 Å². The van der Waals surface area contributed by atoms with E-state index < -0.39 is 6.36 Å². The molecule has 7 nitrogen and oxygen atoms in total. The Morgan fingerprint density at radius 3 is 2.40 bits per heavy atom. The molecule has 1 atom stereocenters. The van der Waals surface area contributed by atoms with E-state index >= 15 is 0 Å². The second-order valence-electron chi connectivity index (χ2n) is 9.01. The van der Waals surface area contributed by atoms with Crippen molar-refractivity contribution >= 4 is 34.9 Å². The third-order valence-corrected chi connectivity index (χ3v) is 6.24. The van der Waals surface area contributed by atoms with Crippen LogP contribution in [0, 0.1) is 5.92 Å². The van der Waals surface area contributed by atoms with Crippen molar-refractivity contribution in [1.82, 2.24) is 15.1 Å². The van der Waals surface area contributed by atoms with E-state index in [-0.39, 0.29) is 42.9 Å². The molecule has 0 saturated heterocycles. The molecule has 2 aromatic carbocycles. The molecular formula is C28H24Cl2F3N3O4. The van der Waals surface area contributed by atoms with Crippen molar-refractivity contribution < 1.29 is 32.2 Å². The number of Topliss-reactive ketones (excluding diaryl/α,β-unsaturated/α-hetero) is 1. The first-order chi connectivity index (χ1) is 19.0. The first-order valence-corrected chi connectivity index (χ1v) is 12.9. The van der Waals surface area contributed by atoms with Crippen LogP contribution in [-0.4, -0.2) is 41.0 Å². The van der Waals surface area contributed by atoms with Crippen molar-refractivity contribution in [2.75, 3.05) is 13.2 Å². The van der Waals surface area contributed by atoms with Crippen molar-refractivity contribution in [3.63, 3.8) is 0 Å². The van der Waals surface area contributed by atoms with Gasteiger partial charge in [-0.05, 0) is 55.8 Å². The highest BCUT2D eigenvalue weighted by atomic mass is 35.5. The highest BCUT2D eigenvalue weighted by Gasteiger charge is 2.31. The summed E-state index contributed by atoms with van der Waals surface area (Å²) in [6, 6.07) is 11.8. The molecule has 1 unspecified atom stereocenters. The molecule has 0 saturated carbocycles. The molecule has 4 rings (SSSR count). The summed E-state index contributed by atoms with van der Waals surface area (Å²) < 4.78 is 49.3. The molecule has 0 fully saturated rings. The van der Waals surface area contributed by atoms with Crippen LogP contribution in [-0.2, 0) is 9.59 Å². The third-order valence-electron chi connectivity index (χ3n) is 5.81. The molecular weight excluding hydrogens is 570 g/mol. The van der Waals surface area contributed by atoms with E-state index in [1.165, 1.54) is 35.9 Å². The number of carbonyl (C=O) groups is 2. The molecule has 0 spiro atoms. The maximum atomic E-state index is 12.6. The van der Waals surface area contributed by atoms with Crippen LogP contribution in [0.25, 0.3) is 16.9 Å². The van der Waals surface area contributed by atoms with Crippen LogP contribution >= 0.6 is 23.2 Å². The summed E-state index contributed by atoms with van der Waals surface area (Å²) in [7, 11) is 0. The van der Waals surface area contributed by atoms with Gasteiger partial charge < -0.3 is 14.8 Å². The minimum atomic E-state index is -4.81. The summed E-state index contributed by atoms with van der Waals surface area (Å²) in [6.07, 6.45) is 1.37. The van der Waals surface area contributed by atoms with E-state index in [1.807, 2.05) is 6.08 Å². The van der Waals surface area contributed by atoms with Gasteiger partial charge in [-0.25, -0.2) is 4.68 Å². The molecule has 40 heavy (non-hydrogen) atoms. The second-order valence-corrected chi connectivity index (χ2v) is 9.89. The predicted molar refractivity (Wildman–Crippen MR) is 145 cm³/mol. The lowest BCUT2D eigenvalue weighted by molar-refractivity contribution is -0.274. The number of aromatic nitrogens is 2. The molecule has 1 aliphatic rings. The van der Waals surface area contributed by atoms with Crippen LogP contribution in [0.15, 0.2) is 72.3 Å². The largest absolute Gasteiger partial charge is 0.573 e. The first kappa shape index (κ1) is 29.2. The van der Waals surface area contributed by atoms with Crippen LogP contribution in [0.5, 0.6) is 11.6 Å². The van der Waals surface area contributed by atoms with Gasteiger partial charge in [0.1, 0.15) is 11.5 Å². The summed E-state index contributed by atoms with van der Waals surface area (Å²) in [6.45, 7) is 1.98. The Bertz CT molecular complexity index is 1430. The number of rotatable bonds is 10. The van der Waals surface area contributed by atoms with Gasteiger partial charge in [0.05, 0.1) is 18.0 Å².